The lowest BCUT2D eigenvalue weighted by Gasteiger charge is -2.10. The zero-order valence-electron chi connectivity index (χ0n) is 11.1. The van der Waals surface area contributed by atoms with Crippen molar-refractivity contribution in [1.29, 1.82) is 0 Å². The maximum Gasteiger partial charge on any atom is 0.240 e. The van der Waals surface area contributed by atoms with Crippen LogP contribution in [0.3, 0.4) is 0 Å². The molecule has 0 spiro atoms. The van der Waals surface area contributed by atoms with E-state index in [0.717, 1.165) is 19.3 Å². The topological polar surface area (TPSA) is 72.2 Å². The Balaban J connectivity index is 2.03. The zero-order valence-corrected chi connectivity index (χ0v) is 12.0. The van der Waals surface area contributed by atoms with Gasteiger partial charge in [0, 0.05) is 12.2 Å². The molecule has 104 valence electrons. The molecule has 0 aromatic heterocycles. The first-order chi connectivity index (χ1) is 8.99. The number of benzene rings is 1. The minimum Gasteiger partial charge on any atom is -0.399 e. The van der Waals surface area contributed by atoms with Crippen LogP contribution >= 0.6 is 0 Å². The second-order valence-corrected chi connectivity index (χ2v) is 6.66. The number of anilines is 1. The Kier molecular flexibility index (Phi) is 4.27. The molecule has 0 heterocycles. The van der Waals surface area contributed by atoms with Crippen molar-refractivity contribution in [2.45, 2.75) is 37.5 Å². The molecule has 0 aliphatic heterocycles. The van der Waals surface area contributed by atoms with Crippen LogP contribution in [0, 0.1) is 6.92 Å². The molecule has 1 aromatic rings. The lowest BCUT2D eigenvalue weighted by Crippen LogP contribution is -2.25. The molecular formula is C14H20N2O2S. The van der Waals surface area contributed by atoms with Gasteiger partial charge in [-0.1, -0.05) is 17.7 Å². The molecule has 2 rings (SSSR count). The number of sulfonamides is 1. The van der Waals surface area contributed by atoms with E-state index in [4.69, 9.17) is 5.73 Å². The summed E-state index contributed by atoms with van der Waals surface area (Å²) in [5, 5.41) is 0. The minimum atomic E-state index is -3.46. The average molecular weight is 280 g/mol. The Morgan fingerprint density at radius 1 is 1.37 bits per heavy atom. The lowest BCUT2D eigenvalue weighted by atomic mass is 10.2. The van der Waals surface area contributed by atoms with Gasteiger partial charge < -0.3 is 5.73 Å². The number of hydrogen-bond donors (Lipinski definition) is 2. The molecule has 1 aliphatic rings. The molecule has 0 fully saturated rings. The van der Waals surface area contributed by atoms with Gasteiger partial charge >= 0.3 is 0 Å². The lowest BCUT2D eigenvalue weighted by molar-refractivity contribution is 0.580. The van der Waals surface area contributed by atoms with Gasteiger partial charge in [-0.05, 0) is 50.3 Å². The van der Waals surface area contributed by atoms with Crippen LogP contribution in [0.1, 0.15) is 31.2 Å². The average Bonchev–Trinajstić information content (AvgIpc) is 2.85. The maximum absolute atomic E-state index is 12.2. The summed E-state index contributed by atoms with van der Waals surface area (Å²) in [4.78, 5) is 0.271. The van der Waals surface area contributed by atoms with E-state index in [1.807, 2.05) is 0 Å². The molecule has 0 atom stereocenters. The molecule has 0 saturated carbocycles. The van der Waals surface area contributed by atoms with Gasteiger partial charge in [0.2, 0.25) is 10.0 Å². The fourth-order valence-corrected chi connectivity index (χ4v) is 3.60. The Bertz CT molecular complexity index is 591. The third-order valence-electron chi connectivity index (χ3n) is 3.37. The molecule has 3 N–H and O–H groups in total. The number of hydrogen-bond acceptors (Lipinski definition) is 3. The minimum absolute atomic E-state index is 0.271. The van der Waals surface area contributed by atoms with E-state index in [1.54, 1.807) is 19.1 Å². The van der Waals surface area contributed by atoms with Crippen molar-refractivity contribution in [3.05, 3.63) is 35.4 Å². The molecule has 5 heteroatoms. The maximum atomic E-state index is 12.2. The van der Waals surface area contributed by atoms with E-state index in [2.05, 4.69) is 10.8 Å². The van der Waals surface area contributed by atoms with Gasteiger partial charge in [0.1, 0.15) is 0 Å². The number of nitrogens with one attached hydrogen (secondary N) is 1. The molecule has 4 nitrogen and oxygen atoms in total. The van der Waals surface area contributed by atoms with Crippen molar-refractivity contribution in [3.63, 3.8) is 0 Å². The van der Waals surface area contributed by atoms with E-state index >= 15 is 0 Å². The summed E-state index contributed by atoms with van der Waals surface area (Å²) in [7, 11) is -3.46. The van der Waals surface area contributed by atoms with Crippen molar-refractivity contribution in [2.75, 3.05) is 12.3 Å². The summed E-state index contributed by atoms with van der Waals surface area (Å²) in [6.07, 6.45) is 6.41. The third-order valence-corrected chi connectivity index (χ3v) is 4.98. The fraction of sp³-hybridized carbons (Fsp3) is 0.429. The highest BCUT2D eigenvalue weighted by molar-refractivity contribution is 7.89. The standard InChI is InChI=1S/C14H20N2O2S/c1-11-6-7-13(15)10-14(11)19(17,18)16-9-8-12-4-2-3-5-12/h4,6-7,10,16H,2-3,5,8-9,15H2,1H3. The van der Waals surface area contributed by atoms with Crippen LogP contribution in [-0.2, 0) is 10.0 Å². The third kappa shape index (κ3) is 3.58. The van der Waals surface area contributed by atoms with Crippen LogP contribution in [0.15, 0.2) is 34.7 Å². The predicted molar refractivity (Wildman–Crippen MR) is 77.3 cm³/mol. The quantitative estimate of drug-likeness (QED) is 0.642. The van der Waals surface area contributed by atoms with Gasteiger partial charge in [0.15, 0.2) is 0 Å². The van der Waals surface area contributed by atoms with Crippen molar-refractivity contribution >= 4 is 15.7 Å². The Morgan fingerprint density at radius 2 is 2.16 bits per heavy atom. The van der Waals surface area contributed by atoms with E-state index < -0.39 is 10.0 Å². The number of allylic oxidation sites excluding steroid dienone is 1. The summed E-state index contributed by atoms with van der Waals surface area (Å²) < 4.78 is 27.0. The smallest absolute Gasteiger partial charge is 0.240 e. The first-order valence-corrected chi connectivity index (χ1v) is 8.01. The monoisotopic (exact) mass is 280 g/mol. The summed E-state index contributed by atoms with van der Waals surface area (Å²) in [6, 6.07) is 4.94. The zero-order chi connectivity index (χ0) is 13.9. The highest BCUT2D eigenvalue weighted by atomic mass is 32.2. The highest BCUT2D eigenvalue weighted by Gasteiger charge is 2.16. The fourth-order valence-electron chi connectivity index (χ4n) is 2.29. The second-order valence-electron chi connectivity index (χ2n) is 4.93. The van der Waals surface area contributed by atoms with Crippen LogP contribution in [0.5, 0.6) is 0 Å². The molecule has 1 aromatic carbocycles. The Morgan fingerprint density at radius 3 is 2.84 bits per heavy atom. The van der Waals surface area contributed by atoms with Crippen LogP contribution in [0.4, 0.5) is 5.69 Å². The van der Waals surface area contributed by atoms with Crippen LogP contribution < -0.4 is 10.5 Å². The van der Waals surface area contributed by atoms with E-state index in [-0.39, 0.29) is 4.90 Å². The van der Waals surface area contributed by atoms with E-state index in [1.165, 1.54) is 18.1 Å². The summed E-state index contributed by atoms with van der Waals surface area (Å²) in [6.45, 7) is 2.22. The number of aryl methyl sites for hydroxylation is 1. The first kappa shape index (κ1) is 14.1. The van der Waals surface area contributed by atoms with Gasteiger partial charge in [-0.3, -0.25) is 0 Å². The van der Waals surface area contributed by atoms with Gasteiger partial charge in [0.25, 0.3) is 0 Å². The predicted octanol–water partition coefficient (Wildman–Crippen LogP) is 2.36. The van der Waals surface area contributed by atoms with Crippen molar-refractivity contribution in [3.8, 4) is 0 Å². The normalized spacial score (nSPS) is 15.5. The van der Waals surface area contributed by atoms with E-state index in [0.29, 0.717) is 17.8 Å². The van der Waals surface area contributed by atoms with Crippen molar-refractivity contribution in [2.24, 2.45) is 0 Å². The summed E-state index contributed by atoms with van der Waals surface area (Å²) >= 11 is 0. The molecular weight excluding hydrogens is 260 g/mol. The van der Waals surface area contributed by atoms with Crippen molar-refractivity contribution < 1.29 is 8.42 Å². The molecule has 0 saturated heterocycles. The second kappa shape index (κ2) is 5.75. The largest absolute Gasteiger partial charge is 0.399 e. The number of rotatable bonds is 5. The van der Waals surface area contributed by atoms with Gasteiger partial charge in [-0.15, -0.1) is 0 Å². The number of nitrogens with two attached hydrogens (primary N) is 1. The molecule has 0 radical (unpaired) electrons. The van der Waals surface area contributed by atoms with Gasteiger partial charge in [-0.2, -0.15) is 0 Å². The Hall–Kier alpha value is -1.33. The highest BCUT2D eigenvalue weighted by Crippen LogP contribution is 2.21. The first-order valence-electron chi connectivity index (χ1n) is 6.53. The van der Waals surface area contributed by atoms with Gasteiger partial charge in [-0.25, -0.2) is 13.1 Å². The van der Waals surface area contributed by atoms with Crippen LogP contribution in [0.2, 0.25) is 0 Å². The Labute approximate surface area is 114 Å². The summed E-state index contributed by atoms with van der Waals surface area (Å²) in [5.74, 6) is 0. The molecule has 0 unspecified atom stereocenters. The van der Waals surface area contributed by atoms with Crippen LogP contribution in [-0.4, -0.2) is 15.0 Å². The van der Waals surface area contributed by atoms with E-state index in [9.17, 15) is 8.42 Å². The molecule has 0 amide bonds. The summed E-state index contributed by atoms with van der Waals surface area (Å²) in [5.41, 5.74) is 8.18. The van der Waals surface area contributed by atoms with Crippen molar-refractivity contribution in [1.82, 2.24) is 4.72 Å². The molecule has 0 bridgehead atoms. The molecule has 19 heavy (non-hydrogen) atoms. The molecule has 1 aliphatic carbocycles. The number of nitrogen functional groups attached to an aromatic ring is 1. The SMILES string of the molecule is Cc1ccc(N)cc1S(=O)(=O)NCCC1=CCCC1. The van der Waals surface area contributed by atoms with Crippen LogP contribution in [0.25, 0.3) is 0 Å². The van der Waals surface area contributed by atoms with Gasteiger partial charge in [0.05, 0.1) is 4.90 Å².